The van der Waals surface area contributed by atoms with Gasteiger partial charge in [0, 0.05) is 6.20 Å². The molecule has 0 atom stereocenters. The van der Waals surface area contributed by atoms with Gasteiger partial charge in [0.15, 0.2) is 5.69 Å². The topological polar surface area (TPSA) is 73.8 Å². The highest BCUT2D eigenvalue weighted by atomic mass is 16.6. The molecular formula is C17H22N4O2. The van der Waals surface area contributed by atoms with Gasteiger partial charge in [0.25, 0.3) is 0 Å². The smallest absolute Gasteiger partial charge is 0.262 e. The number of aromatic nitrogens is 3. The standard InChI is InChI=1S/C17H22N4O2/c1-2-5-13-7-9-14(10-8-13)20-12-16(21(22)23)17(19-20)15-6-3-4-11-18-15/h3-4,6,11-14H,2,5,7-10H2,1H3/t13-,14-. The summed E-state index contributed by atoms with van der Waals surface area (Å²) in [7, 11) is 0. The van der Waals surface area contributed by atoms with Crippen molar-refractivity contribution < 1.29 is 4.92 Å². The van der Waals surface area contributed by atoms with Crippen LogP contribution in [0.2, 0.25) is 0 Å². The molecule has 1 aliphatic carbocycles. The molecule has 2 heterocycles. The van der Waals surface area contributed by atoms with Gasteiger partial charge in [-0.3, -0.25) is 19.8 Å². The van der Waals surface area contributed by atoms with Crippen molar-refractivity contribution in [3.63, 3.8) is 0 Å². The Balaban J connectivity index is 1.83. The molecule has 2 aromatic heterocycles. The van der Waals surface area contributed by atoms with Crippen molar-refractivity contribution >= 4 is 5.69 Å². The average molecular weight is 314 g/mol. The Hall–Kier alpha value is -2.24. The lowest BCUT2D eigenvalue weighted by Gasteiger charge is -2.28. The third-order valence-electron chi connectivity index (χ3n) is 4.70. The van der Waals surface area contributed by atoms with Crippen LogP contribution in [-0.2, 0) is 0 Å². The highest BCUT2D eigenvalue weighted by Gasteiger charge is 2.27. The van der Waals surface area contributed by atoms with Gasteiger partial charge in [-0.15, -0.1) is 0 Å². The second kappa shape index (κ2) is 6.89. The minimum absolute atomic E-state index is 0.0411. The monoisotopic (exact) mass is 314 g/mol. The summed E-state index contributed by atoms with van der Waals surface area (Å²) in [5.74, 6) is 0.803. The van der Waals surface area contributed by atoms with Crippen LogP contribution in [0.1, 0.15) is 51.5 Å². The van der Waals surface area contributed by atoms with Crippen molar-refractivity contribution in [2.45, 2.75) is 51.5 Å². The molecule has 0 spiro atoms. The molecule has 1 fully saturated rings. The first kappa shape index (κ1) is 15.6. The highest BCUT2D eigenvalue weighted by molar-refractivity contribution is 5.65. The van der Waals surface area contributed by atoms with E-state index in [9.17, 15) is 10.1 Å². The predicted molar refractivity (Wildman–Crippen MR) is 88.0 cm³/mol. The van der Waals surface area contributed by atoms with E-state index < -0.39 is 0 Å². The summed E-state index contributed by atoms with van der Waals surface area (Å²) >= 11 is 0. The van der Waals surface area contributed by atoms with Crippen LogP contribution in [-0.4, -0.2) is 19.7 Å². The predicted octanol–water partition coefficient (Wildman–Crippen LogP) is 4.38. The number of nitro groups is 1. The van der Waals surface area contributed by atoms with E-state index in [4.69, 9.17) is 0 Å². The molecule has 6 heteroatoms. The van der Waals surface area contributed by atoms with Gasteiger partial charge in [0.2, 0.25) is 0 Å². The van der Waals surface area contributed by atoms with Crippen LogP contribution < -0.4 is 0 Å². The maximum atomic E-state index is 11.4. The number of hydrogen-bond donors (Lipinski definition) is 0. The first-order valence-electron chi connectivity index (χ1n) is 8.34. The Morgan fingerprint density at radius 3 is 2.70 bits per heavy atom. The van der Waals surface area contributed by atoms with Crippen LogP contribution in [0.25, 0.3) is 11.4 Å². The summed E-state index contributed by atoms with van der Waals surface area (Å²) in [5, 5.41) is 15.9. The summed E-state index contributed by atoms with van der Waals surface area (Å²) < 4.78 is 1.80. The zero-order chi connectivity index (χ0) is 16.2. The lowest BCUT2D eigenvalue weighted by molar-refractivity contribution is -0.384. The number of pyridine rings is 1. The Bertz CT molecular complexity index is 660. The van der Waals surface area contributed by atoms with Crippen molar-refractivity contribution in [1.82, 2.24) is 14.8 Å². The molecule has 2 aromatic rings. The van der Waals surface area contributed by atoms with Gasteiger partial charge in [-0.25, -0.2) is 0 Å². The molecule has 0 unspecified atom stereocenters. The summed E-state index contributed by atoms with van der Waals surface area (Å²) in [6.07, 6.45) is 10.2. The molecule has 1 saturated carbocycles. The fourth-order valence-electron chi connectivity index (χ4n) is 3.49. The summed E-state index contributed by atoms with van der Waals surface area (Å²) in [6.45, 7) is 2.22. The van der Waals surface area contributed by atoms with Crippen molar-refractivity contribution in [3.8, 4) is 11.4 Å². The van der Waals surface area contributed by atoms with E-state index in [0.29, 0.717) is 11.4 Å². The van der Waals surface area contributed by atoms with E-state index in [0.717, 1.165) is 18.8 Å². The zero-order valence-corrected chi connectivity index (χ0v) is 13.4. The van der Waals surface area contributed by atoms with Crippen LogP contribution in [0.5, 0.6) is 0 Å². The van der Waals surface area contributed by atoms with Crippen molar-refractivity contribution in [2.75, 3.05) is 0 Å². The molecule has 0 bridgehead atoms. The van der Waals surface area contributed by atoms with Crippen LogP contribution >= 0.6 is 0 Å². The van der Waals surface area contributed by atoms with Gasteiger partial charge >= 0.3 is 5.69 Å². The third kappa shape index (κ3) is 3.41. The van der Waals surface area contributed by atoms with Crippen LogP contribution in [0.3, 0.4) is 0 Å². The molecule has 0 radical (unpaired) electrons. The lowest BCUT2D eigenvalue weighted by Crippen LogP contribution is -2.18. The molecular weight excluding hydrogens is 292 g/mol. The zero-order valence-electron chi connectivity index (χ0n) is 13.4. The number of rotatable bonds is 5. The second-order valence-electron chi connectivity index (χ2n) is 6.28. The SMILES string of the molecule is CCC[C@H]1CC[C@H](n2cc([N+](=O)[O-])c(-c3ccccn3)n2)CC1. The molecule has 122 valence electrons. The molecule has 0 saturated heterocycles. The van der Waals surface area contributed by atoms with Gasteiger partial charge in [0.05, 0.1) is 16.7 Å². The van der Waals surface area contributed by atoms with Gasteiger partial charge in [-0.2, -0.15) is 5.10 Å². The first-order chi connectivity index (χ1) is 11.2. The molecule has 0 aliphatic heterocycles. The average Bonchev–Trinajstić information content (AvgIpc) is 3.02. The molecule has 6 nitrogen and oxygen atoms in total. The molecule has 3 rings (SSSR count). The highest BCUT2D eigenvalue weighted by Crippen LogP contribution is 2.36. The van der Waals surface area contributed by atoms with Gasteiger partial charge in [0.1, 0.15) is 6.20 Å². The van der Waals surface area contributed by atoms with Crippen LogP contribution in [0.4, 0.5) is 5.69 Å². The largest absolute Gasteiger partial charge is 0.316 e. The van der Waals surface area contributed by atoms with Crippen molar-refractivity contribution in [2.24, 2.45) is 5.92 Å². The minimum atomic E-state index is -0.365. The van der Waals surface area contributed by atoms with E-state index >= 15 is 0 Å². The van der Waals surface area contributed by atoms with Crippen LogP contribution in [0, 0.1) is 16.0 Å². The van der Waals surface area contributed by atoms with E-state index in [1.165, 1.54) is 25.7 Å². The summed E-state index contributed by atoms with van der Waals surface area (Å²) in [5.41, 5.74) is 0.961. The fraction of sp³-hybridized carbons (Fsp3) is 0.529. The molecule has 0 aromatic carbocycles. The normalized spacial score (nSPS) is 21.3. The summed E-state index contributed by atoms with van der Waals surface area (Å²) in [4.78, 5) is 15.2. The maximum Gasteiger partial charge on any atom is 0.316 e. The summed E-state index contributed by atoms with van der Waals surface area (Å²) in [6, 6.07) is 5.64. The quantitative estimate of drug-likeness (QED) is 0.606. The van der Waals surface area contributed by atoms with E-state index in [1.807, 2.05) is 6.07 Å². The van der Waals surface area contributed by atoms with Gasteiger partial charge < -0.3 is 0 Å². The number of nitrogens with zero attached hydrogens (tertiary/aromatic N) is 4. The second-order valence-corrected chi connectivity index (χ2v) is 6.28. The van der Waals surface area contributed by atoms with Gasteiger partial charge in [-0.05, 0) is 43.7 Å². The molecule has 0 amide bonds. The van der Waals surface area contributed by atoms with Crippen molar-refractivity contribution in [3.05, 3.63) is 40.7 Å². The minimum Gasteiger partial charge on any atom is -0.262 e. The number of hydrogen-bond acceptors (Lipinski definition) is 4. The lowest BCUT2D eigenvalue weighted by atomic mass is 9.83. The Kier molecular flexibility index (Phi) is 4.69. The fourth-order valence-corrected chi connectivity index (χ4v) is 3.49. The van der Waals surface area contributed by atoms with Gasteiger partial charge in [-0.1, -0.05) is 25.8 Å². The van der Waals surface area contributed by atoms with E-state index in [2.05, 4.69) is 17.0 Å². The van der Waals surface area contributed by atoms with Crippen LogP contribution in [0.15, 0.2) is 30.6 Å². The maximum absolute atomic E-state index is 11.4. The third-order valence-corrected chi connectivity index (χ3v) is 4.70. The Labute approximate surface area is 135 Å². The van der Waals surface area contributed by atoms with E-state index in [1.54, 1.807) is 29.2 Å². The Morgan fingerprint density at radius 2 is 2.09 bits per heavy atom. The molecule has 1 aliphatic rings. The molecule has 23 heavy (non-hydrogen) atoms. The Morgan fingerprint density at radius 1 is 1.30 bits per heavy atom. The van der Waals surface area contributed by atoms with Crippen molar-refractivity contribution in [1.29, 1.82) is 0 Å². The molecule has 0 N–H and O–H groups in total. The van der Waals surface area contributed by atoms with E-state index in [-0.39, 0.29) is 16.7 Å². The first-order valence-corrected chi connectivity index (χ1v) is 8.34.